The standard InChI is InChI=1S/C20H19BrN4O2/c1-12-4-7-16(10-13(12)2)23-20(27)22-11-18-14(3)24-25(19(18)26)17-8-5-15(21)6-9-17/h4-11,24H,1-3H3,(H,23,27)/b22-11+. The first-order valence-corrected chi connectivity index (χ1v) is 9.14. The maximum atomic E-state index is 12.6. The molecule has 0 fully saturated rings. The van der Waals surface area contributed by atoms with Crippen LogP contribution in [-0.4, -0.2) is 22.0 Å². The van der Waals surface area contributed by atoms with Crippen molar-refractivity contribution in [1.29, 1.82) is 0 Å². The van der Waals surface area contributed by atoms with Crippen LogP contribution in [0.3, 0.4) is 0 Å². The molecule has 0 aliphatic heterocycles. The van der Waals surface area contributed by atoms with Gasteiger partial charge in [0, 0.05) is 22.1 Å². The summed E-state index contributed by atoms with van der Waals surface area (Å²) in [6.07, 6.45) is 1.29. The second-order valence-electron chi connectivity index (χ2n) is 6.25. The molecule has 0 aliphatic carbocycles. The Bertz CT molecular complexity index is 1080. The van der Waals surface area contributed by atoms with Gasteiger partial charge in [-0.25, -0.2) is 14.5 Å². The van der Waals surface area contributed by atoms with Crippen molar-refractivity contribution in [3.8, 4) is 5.69 Å². The van der Waals surface area contributed by atoms with E-state index in [9.17, 15) is 9.59 Å². The SMILES string of the molecule is Cc1ccc(NC(=O)/N=C/c2c(C)[nH]n(-c3ccc(Br)cc3)c2=O)cc1C. The van der Waals surface area contributed by atoms with E-state index in [0.717, 1.165) is 15.6 Å². The molecule has 1 aromatic heterocycles. The summed E-state index contributed by atoms with van der Waals surface area (Å²) in [5, 5.41) is 5.70. The average Bonchev–Trinajstić information content (AvgIpc) is 2.91. The number of rotatable bonds is 3. The average molecular weight is 427 g/mol. The number of aromatic nitrogens is 2. The second-order valence-corrected chi connectivity index (χ2v) is 7.17. The van der Waals surface area contributed by atoms with Gasteiger partial charge in [-0.1, -0.05) is 22.0 Å². The van der Waals surface area contributed by atoms with Crippen molar-refractivity contribution in [1.82, 2.24) is 9.78 Å². The van der Waals surface area contributed by atoms with Crippen molar-refractivity contribution in [3.63, 3.8) is 0 Å². The molecule has 2 amide bonds. The largest absolute Gasteiger partial charge is 0.345 e. The van der Waals surface area contributed by atoms with E-state index in [0.29, 0.717) is 22.6 Å². The molecular formula is C20H19BrN4O2. The highest BCUT2D eigenvalue weighted by molar-refractivity contribution is 9.10. The molecule has 2 N–H and O–H groups in total. The zero-order valence-electron chi connectivity index (χ0n) is 15.2. The van der Waals surface area contributed by atoms with E-state index in [1.54, 1.807) is 6.92 Å². The van der Waals surface area contributed by atoms with E-state index in [1.807, 2.05) is 56.3 Å². The fraction of sp³-hybridized carbons (Fsp3) is 0.150. The van der Waals surface area contributed by atoms with Gasteiger partial charge in [-0.05, 0) is 68.3 Å². The topological polar surface area (TPSA) is 79.2 Å². The fourth-order valence-corrected chi connectivity index (χ4v) is 2.85. The van der Waals surface area contributed by atoms with Crippen LogP contribution in [0.1, 0.15) is 22.4 Å². The van der Waals surface area contributed by atoms with Crippen LogP contribution in [0.2, 0.25) is 0 Å². The summed E-state index contributed by atoms with van der Waals surface area (Å²) in [6.45, 7) is 5.74. The molecule has 0 saturated carbocycles. The van der Waals surface area contributed by atoms with Crippen LogP contribution in [0.5, 0.6) is 0 Å². The van der Waals surface area contributed by atoms with Gasteiger partial charge < -0.3 is 5.32 Å². The van der Waals surface area contributed by atoms with E-state index in [1.165, 1.54) is 10.9 Å². The molecule has 0 saturated heterocycles. The number of nitrogens with zero attached hydrogens (tertiary/aromatic N) is 2. The number of H-pyrrole nitrogens is 1. The summed E-state index contributed by atoms with van der Waals surface area (Å²) in [5.41, 5.74) is 4.30. The van der Waals surface area contributed by atoms with Gasteiger partial charge in [0.05, 0.1) is 11.3 Å². The third-order valence-corrected chi connectivity index (χ3v) is 4.80. The highest BCUT2D eigenvalue weighted by Gasteiger charge is 2.11. The third-order valence-electron chi connectivity index (χ3n) is 4.27. The number of hydrogen-bond acceptors (Lipinski definition) is 2. The van der Waals surface area contributed by atoms with Gasteiger partial charge in [-0.2, -0.15) is 0 Å². The molecule has 2 aromatic carbocycles. The smallest absolute Gasteiger partial charge is 0.306 e. The minimum Gasteiger partial charge on any atom is -0.306 e. The third kappa shape index (κ3) is 4.25. The van der Waals surface area contributed by atoms with E-state index < -0.39 is 6.03 Å². The predicted octanol–water partition coefficient (Wildman–Crippen LogP) is 4.50. The Morgan fingerprint density at radius 3 is 2.48 bits per heavy atom. The number of hydrogen-bond donors (Lipinski definition) is 2. The lowest BCUT2D eigenvalue weighted by Crippen LogP contribution is -2.17. The first-order valence-electron chi connectivity index (χ1n) is 8.35. The van der Waals surface area contributed by atoms with Gasteiger partial charge in [0.2, 0.25) is 0 Å². The van der Waals surface area contributed by atoms with Crippen LogP contribution >= 0.6 is 15.9 Å². The van der Waals surface area contributed by atoms with Gasteiger partial charge in [-0.3, -0.25) is 9.89 Å². The maximum Gasteiger partial charge on any atom is 0.345 e. The number of halogens is 1. The molecule has 3 rings (SSSR count). The molecule has 0 radical (unpaired) electrons. The number of nitrogens with one attached hydrogen (secondary N) is 2. The maximum absolute atomic E-state index is 12.6. The van der Waals surface area contributed by atoms with Crippen molar-refractivity contribution >= 4 is 33.9 Å². The number of benzene rings is 2. The summed E-state index contributed by atoms with van der Waals surface area (Å²) in [7, 11) is 0. The molecule has 3 aromatic rings. The Kier molecular flexibility index (Phi) is 5.41. The van der Waals surface area contributed by atoms with Gasteiger partial charge in [-0.15, -0.1) is 0 Å². The molecule has 0 spiro atoms. The lowest BCUT2D eigenvalue weighted by Gasteiger charge is -2.04. The van der Waals surface area contributed by atoms with Crippen LogP contribution in [-0.2, 0) is 0 Å². The van der Waals surface area contributed by atoms with Crippen molar-refractivity contribution in [3.05, 3.63) is 79.7 Å². The van der Waals surface area contributed by atoms with Crippen molar-refractivity contribution in [2.45, 2.75) is 20.8 Å². The molecule has 138 valence electrons. The molecular weight excluding hydrogens is 408 g/mol. The van der Waals surface area contributed by atoms with Gasteiger partial charge >= 0.3 is 6.03 Å². The van der Waals surface area contributed by atoms with Crippen molar-refractivity contribution < 1.29 is 4.79 Å². The molecule has 6 nitrogen and oxygen atoms in total. The normalized spacial score (nSPS) is 11.1. The van der Waals surface area contributed by atoms with Crippen LogP contribution in [0.25, 0.3) is 5.69 Å². The number of aliphatic imine (C=N–C) groups is 1. The number of carbonyl (C=O) groups excluding carboxylic acids is 1. The van der Waals surface area contributed by atoms with Gasteiger partial charge in [0.1, 0.15) is 0 Å². The first-order chi connectivity index (χ1) is 12.8. The van der Waals surface area contributed by atoms with Gasteiger partial charge in [0.25, 0.3) is 5.56 Å². The van der Waals surface area contributed by atoms with E-state index in [4.69, 9.17) is 0 Å². The number of anilines is 1. The monoisotopic (exact) mass is 426 g/mol. The van der Waals surface area contributed by atoms with Crippen LogP contribution in [0, 0.1) is 20.8 Å². The Hall–Kier alpha value is -2.93. The van der Waals surface area contributed by atoms with E-state index in [2.05, 4.69) is 31.3 Å². The molecule has 27 heavy (non-hydrogen) atoms. The van der Waals surface area contributed by atoms with Crippen LogP contribution in [0.4, 0.5) is 10.5 Å². The Morgan fingerprint density at radius 2 is 1.81 bits per heavy atom. The molecule has 1 heterocycles. The lowest BCUT2D eigenvalue weighted by molar-refractivity contribution is 0.259. The fourth-order valence-electron chi connectivity index (χ4n) is 2.58. The van der Waals surface area contributed by atoms with E-state index in [-0.39, 0.29) is 5.56 Å². The minimum absolute atomic E-state index is 0.266. The number of amides is 2. The molecule has 0 unspecified atom stereocenters. The first kappa shape index (κ1) is 18.8. The molecule has 0 aliphatic rings. The predicted molar refractivity (Wildman–Crippen MR) is 111 cm³/mol. The summed E-state index contributed by atoms with van der Waals surface area (Å²) in [6, 6.07) is 12.4. The zero-order valence-corrected chi connectivity index (χ0v) is 16.8. The summed E-state index contributed by atoms with van der Waals surface area (Å²) in [4.78, 5) is 28.6. The van der Waals surface area contributed by atoms with Gasteiger partial charge in [0.15, 0.2) is 0 Å². The number of carbonyl (C=O) groups is 1. The molecule has 7 heteroatoms. The summed E-state index contributed by atoms with van der Waals surface area (Å²) in [5.74, 6) is 0. The minimum atomic E-state index is -0.534. The number of urea groups is 1. The molecule has 0 atom stereocenters. The summed E-state index contributed by atoms with van der Waals surface area (Å²) < 4.78 is 2.34. The Labute approximate surface area is 165 Å². The highest BCUT2D eigenvalue weighted by atomic mass is 79.9. The number of aryl methyl sites for hydroxylation is 3. The zero-order chi connectivity index (χ0) is 19.6. The Morgan fingerprint density at radius 1 is 1.11 bits per heavy atom. The van der Waals surface area contributed by atoms with Crippen LogP contribution < -0.4 is 10.9 Å². The number of aromatic amines is 1. The lowest BCUT2D eigenvalue weighted by atomic mass is 10.1. The van der Waals surface area contributed by atoms with E-state index >= 15 is 0 Å². The van der Waals surface area contributed by atoms with Crippen LogP contribution in [0.15, 0.2) is 56.7 Å². The Balaban J connectivity index is 1.80. The quantitative estimate of drug-likeness (QED) is 0.604. The molecule has 0 bridgehead atoms. The summed E-state index contributed by atoms with van der Waals surface area (Å²) >= 11 is 3.37. The second kappa shape index (κ2) is 7.75. The van der Waals surface area contributed by atoms with Crippen molar-refractivity contribution in [2.24, 2.45) is 4.99 Å². The highest BCUT2D eigenvalue weighted by Crippen LogP contribution is 2.15. The van der Waals surface area contributed by atoms with Crippen molar-refractivity contribution in [2.75, 3.05) is 5.32 Å².